The average molecular weight is 574 g/mol. The zero-order valence-corrected chi connectivity index (χ0v) is 23.7. The fourth-order valence-corrected chi connectivity index (χ4v) is 6.54. The molecule has 41 heavy (non-hydrogen) atoms. The van der Waals surface area contributed by atoms with E-state index in [1.807, 2.05) is 24.3 Å². The van der Waals surface area contributed by atoms with Gasteiger partial charge in [-0.25, -0.2) is 4.98 Å². The van der Waals surface area contributed by atoms with Gasteiger partial charge in [-0.15, -0.1) is 0 Å². The number of nitrogens with one attached hydrogen (secondary N) is 1. The van der Waals surface area contributed by atoms with E-state index >= 15 is 0 Å². The molecule has 1 N–H and O–H groups in total. The third-order valence-electron chi connectivity index (χ3n) is 7.32. The van der Waals surface area contributed by atoms with E-state index in [1.165, 1.54) is 6.20 Å². The highest BCUT2D eigenvalue weighted by atomic mass is 32.2. The number of para-hydroxylation sites is 1. The summed E-state index contributed by atoms with van der Waals surface area (Å²) in [5.41, 5.74) is 2.59. The predicted molar refractivity (Wildman–Crippen MR) is 159 cm³/mol. The Morgan fingerprint density at radius 1 is 0.927 bits per heavy atom. The second kappa shape index (κ2) is 11.3. The highest BCUT2D eigenvalue weighted by Crippen LogP contribution is 2.33. The zero-order valence-electron chi connectivity index (χ0n) is 22.9. The highest BCUT2D eigenvalue weighted by Gasteiger charge is 2.24. The van der Waals surface area contributed by atoms with Crippen LogP contribution in [0.3, 0.4) is 0 Å². The first-order chi connectivity index (χ1) is 20.0. The molecule has 0 atom stereocenters. The number of rotatable bonds is 9. The van der Waals surface area contributed by atoms with Crippen LogP contribution in [-0.4, -0.2) is 86.0 Å². The van der Waals surface area contributed by atoms with Gasteiger partial charge in [0.15, 0.2) is 0 Å². The molecule has 11 nitrogen and oxygen atoms in total. The third-order valence-corrected chi connectivity index (χ3v) is 8.95. The molecule has 1 aliphatic rings. The molecule has 3 aromatic heterocycles. The lowest BCUT2D eigenvalue weighted by Gasteiger charge is -2.36. The number of aromatic nitrogens is 4. The van der Waals surface area contributed by atoms with E-state index in [1.54, 1.807) is 50.9 Å². The number of hydrogen-bond donors (Lipinski definition) is 1. The third kappa shape index (κ3) is 5.29. The first-order valence-corrected chi connectivity index (χ1v) is 14.8. The first kappa shape index (κ1) is 26.9. The van der Waals surface area contributed by atoms with Gasteiger partial charge in [0.2, 0.25) is 0 Å². The molecule has 0 unspecified atom stereocenters. The monoisotopic (exact) mass is 573 g/mol. The van der Waals surface area contributed by atoms with Crippen LogP contribution >= 0.6 is 0 Å². The molecule has 0 amide bonds. The fourth-order valence-electron chi connectivity index (χ4n) is 5.10. The van der Waals surface area contributed by atoms with Crippen molar-refractivity contribution < 1.29 is 17.9 Å². The van der Waals surface area contributed by atoms with Crippen LogP contribution in [0.5, 0.6) is 5.75 Å². The van der Waals surface area contributed by atoms with Gasteiger partial charge in [0, 0.05) is 80.8 Å². The number of piperazine rings is 1. The highest BCUT2D eigenvalue weighted by molar-refractivity contribution is 7.90. The van der Waals surface area contributed by atoms with Crippen molar-refractivity contribution in [3.63, 3.8) is 0 Å². The van der Waals surface area contributed by atoms with Crippen LogP contribution in [0.25, 0.3) is 21.8 Å². The van der Waals surface area contributed by atoms with Crippen LogP contribution in [0, 0.1) is 0 Å². The molecule has 1 fully saturated rings. The topological polar surface area (TPSA) is 115 Å². The maximum absolute atomic E-state index is 13.7. The molecule has 6 rings (SSSR count). The summed E-state index contributed by atoms with van der Waals surface area (Å²) in [4.78, 5) is 13.6. The normalized spacial score (nSPS) is 14.5. The SMILES string of the molecule is COCCN1CCN(c2ccc(Nc3cc4c(cn3)cnn4S(=O)(=O)c3cccc4cccnc34)c(OC)c2)CC1. The second-order valence-corrected chi connectivity index (χ2v) is 11.5. The average Bonchev–Trinajstić information content (AvgIpc) is 3.44. The summed E-state index contributed by atoms with van der Waals surface area (Å²) in [6.45, 7) is 5.46. The van der Waals surface area contributed by atoms with Crippen LogP contribution in [0.15, 0.2) is 78.1 Å². The maximum Gasteiger partial charge on any atom is 0.285 e. The molecule has 0 radical (unpaired) electrons. The number of benzene rings is 2. The Balaban J connectivity index is 1.26. The number of anilines is 3. The number of pyridine rings is 2. The lowest BCUT2D eigenvalue weighted by molar-refractivity contribution is 0.144. The summed E-state index contributed by atoms with van der Waals surface area (Å²) in [6, 6.07) is 16.4. The van der Waals surface area contributed by atoms with Crippen molar-refractivity contribution in [1.82, 2.24) is 24.1 Å². The molecule has 212 valence electrons. The number of fused-ring (bicyclic) bond motifs is 2. The summed E-state index contributed by atoms with van der Waals surface area (Å²) in [5.74, 6) is 1.12. The largest absolute Gasteiger partial charge is 0.494 e. The minimum absolute atomic E-state index is 0.0868. The zero-order chi connectivity index (χ0) is 28.4. The summed E-state index contributed by atoms with van der Waals surface area (Å²) in [6.07, 6.45) is 4.67. The van der Waals surface area contributed by atoms with Crippen molar-refractivity contribution in [2.24, 2.45) is 0 Å². The molecule has 12 heteroatoms. The van der Waals surface area contributed by atoms with E-state index in [4.69, 9.17) is 9.47 Å². The smallest absolute Gasteiger partial charge is 0.285 e. The lowest BCUT2D eigenvalue weighted by Crippen LogP contribution is -2.47. The minimum atomic E-state index is -4.03. The van der Waals surface area contributed by atoms with Gasteiger partial charge in [0.25, 0.3) is 10.0 Å². The molecule has 1 aliphatic heterocycles. The number of methoxy groups -OCH3 is 2. The Bertz CT molecular complexity index is 1790. The van der Waals surface area contributed by atoms with Gasteiger partial charge in [-0.2, -0.15) is 17.6 Å². The van der Waals surface area contributed by atoms with E-state index in [2.05, 4.69) is 36.2 Å². The van der Waals surface area contributed by atoms with Gasteiger partial charge in [-0.1, -0.05) is 18.2 Å². The van der Waals surface area contributed by atoms with E-state index in [0.29, 0.717) is 33.7 Å². The Hall–Kier alpha value is -4.26. The standard InChI is InChI=1S/C29H31N7O4S/c1-39-16-15-34-11-13-35(14-12-34)23-8-9-24(26(17-23)40-2)33-28-18-25-22(19-31-28)20-32-36(25)41(37,38)27-7-3-5-21-6-4-10-30-29(21)27/h3-10,17-20H,11-16H2,1-2H3,(H,31,33). The Morgan fingerprint density at radius 3 is 2.56 bits per heavy atom. The fraction of sp³-hybridized carbons (Fsp3) is 0.276. The van der Waals surface area contributed by atoms with Gasteiger partial charge in [-0.05, 0) is 24.3 Å². The van der Waals surface area contributed by atoms with Gasteiger partial charge in [-0.3, -0.25) is 9.88 Å². The predicted octanol–water partition coefficient (Wildman–Crippen LogP) is 3.74. The van der Waals surface area contributed by atoms with Crippen molar-refractivity contribution >= 4 is 49.0 Å². The van der Waals surface area contributed by atoms with Crippen LogP contribution in [0.2, 0.25) is 0 Å². The van der Waals surface area contributed by atoms with Gasteiger partial charge in [0.1, 0.15) is 16.5 Å². The summed E-state index contributed by atoms with van der Waals surface area (Å²) >= 11 is 0. The number of nitrogens with zero attached hydrogens (tertiary/aromatic N) is 6. The quantitative estimate of drug-likeness (QED) is 0.280. The van der Waals surface area contributed by atoms with Crippen molar-refractivity contribution in [3.05, 3.63) is 73.2 Å². The molecule has 0 aliphatic carbocycles. The van der Waals surface area contributed by atoms with Crippen molar-refractivity contribution in [2.75, 3.05) is 63.8 Å². The Labute approximate surface area is 238 Å². The molecule has 5 aromatic rings. The molecule has 0 saturated carbocycles. The van der Waals surface area contributed by atoms with E-state index < -0.39 is 10.0 Å². The first-order valence-electron chi connectivity index (χ1n) is 13.3. The number of hydrogen-bond acceptors (Lipinski definition) is 10. The molecule has 0 spiro atoms. The Kier molecular flexibility index (Phi) is 7.43. The van der Waals surface area contributed by atoms with Gasteiger partial charge < -0.3 is 19.7 Å². The van der Waals surface area contributed by atoms with Crippen molar-refractivity contribution in [2.45, 2.75) is 4.90 Å². The van der Waals surface area contributed by atoms with Crippen LogP contribution in [0.1, 0.15) is 0 Å². The summed E-state index contributed by atoms with van der Waals surface area (Å²) < 4.78 is 39.4. The lowest BCUT2D eigenvalue weighted by atomic mass is 10.2. The van der Waals surface area contributed by atoms with E-state index in [0.717, 1.165) is 54.5 Å². The van der Waals surface area contributed by atoms with Crippen LogP contribution < -0.4 is 15.0 Å². The van der Waals surface area contributed by atoms with Gasteiger partial charge >= 0.3 is 0 Å². The van der Waals surface area contributed by atoms with E-state index in [9.17, 15) is 8.42 Å². The molecule has 0 bridgehead atoms. The Morgan fingerprint density at radius 2 is 1.76 bits per heavy atom. The molecule has 1 saturated heterocycles. The molecule has 2 aromatic carbocycles. The summed E-state index contributed by atoms with van der Waals surface area (Å²) in [7, 11) is -0.675. The maximum atomic E-state index is 13.7. The van der Waals surface area contributed by atoms with E-state index in [-0.39, 0.29) is 4.90 Å². The molecular formula is C29H31N7O4S. The van der Waals surface area contributed by atoms with Crippen molar-refractivity contribution in [3.8, 4) is 5.75 Å². The molecule has 4 heterocycles. The van der Waals surface area contributed by atoms with Gasteiger partial charge in [0.05, 0.1) is 36.6 Å². The summed E-state index contributed by atoms with van der Waals surface area (Å²) in [5, 5.41) is 8.83. The van der Waals surface area contributed by atoms with Crippen molar-refractivity contribution in [1.29, 1.82) is 0 Å². The second-order valence-electron chi connectivity index (χ2n) is 9.78. The molecular weight excluding hydrogens is 542 g/mol. The van der Waals surface area contributed by atoms with Crippen LogP contribution in [-0.2, 0) is 14.8 Å². The van der Waals surface area contributed by atoms with Crippen LogP contribution in [0.4, 0.5) is 17.2 Å². The minimum Gasteiger partial charge on any atom is -0.494 e. The number of ether oxygens (including phenoxy) is 2.